The Kier molecular flexibility index (Phi) is 6.61. The number of carbonyl (C=O) groups is 3. The van der Waals surface area contributed by atoms with Gasteiger partial charge in [0, 0.05) is 18.7 Å². The maximum atomic E-state index is 12.8. The van der Waals surface area contributed by atoms with Gasteiger partial charge in [0.2, 0.25) is 0 Å². The number of hydrogen-bond acceptors (Lipinski definition) is 6. The average molecular weight is 446 g/mol. The molecule has 168 valence electrons. The summed E-state index contributed by atoms with van der Waals surface area (Å²) < 4.78 is 5.27. The Labute approximate surface area is 189 Å². The molecule has 1 heterocycles. The summed E-state index contributed by atoms with van der Waals surface area (Å²) in [7, 11) is 0. The molecule has 1 aliphatic heterocycles. The maximum Gasteiger partial charge on any atom is 0.329 e. The summed E-state index contributed by atoms with van der Waals surface area (Å²) in [4.78, 5) is 39.1. The van der Waals surface area contributed by atoms with Crippen LogP contribution >= 0.6 is 0 Å². The number of morpholine rings is 1. The van der Waals surface area contributed by atoms with Crippen molar-refractivity contribution in [2.45, 2.75) is 0 Å². The fourth-order valence-corrected chi connectivity index (χ4v) is 3.52. The second-order valence-corrected chi connectivity index (χ2v) is 7.32. The standard InChI is InChI=1S/C24H22N4O5/c29-21-10-9-16-5-1-2-6-17(16)19(21)15-25-27-23(31)22(30)26-20-8-4-3-7-18(20)24(32)28-11-13-33-14-12-28/h1-10,15,29H,11-14H2,(H,26,30)(H,27,31)/b25-15-. The number of carbonyl (C=O) groups excluding carboxylic acids is 3. The monoisotopic (exact) mass is 446 g/mol. The van der Waals surface area contributed by atoms with E-state index in [9.17, 15) is 19.5 Å². The second kappa shape index (κ2) is 9.92. The van der Waals surface area contributed by atoms with Crippen molar-refractivity contribution in [2.24, 2.45) is 5.10 Å². The lowest BCUT2D eigenvalue weighted by atomic mass is 10.0. The van der Waals surface area contributed by atoms with Gasteiger partial charge in [0.1, 0.15) is 5.75 Å². The van der Waals surface area contributed by atoms with Gasteiger partial charge in [-0.3, -0.25) is 14.4 Å². The highest BCUT2D eigenvalue weighted by Gasteiger charge is 2.23. The van der Waals surface area contributed by atoms with Crippen molar-refractivity contribution < 1.29 is 24.2 Å². The van der Waals surface area contributed by atoms with Crippen LogP contribution in [0.15, 0.2) is 65.8 Å². The molecule has 1 fully saturated rings. The van der Waals surface area contributed by atoms with Gasteiger partial charge < -0.3 is 20.1 Å². The SMILES string of the molecule is O=C(N/N=C\c1c(O)ccc2ccccc12)C(=O)Nc1ccccc1C(=O)N1CCOCC1. The highest BCUT2D eigenvalue weighted by Crippen LogP contribution is 2.25. The van der Waals surface area contributed by atoms with Crippen molar-refractivity contribution in [2.75, 3.05) is 31.6 Å². The number of phenolic OH excluding ortho intramolecular Hbond substituents is 1. The number of para-hydroxylation sites is 1. The van der Waals surface area contributed by atoms with Gasteiger partial charge in [0.05, 0.1) is 30.7 Å². The molecular weight excluding hydrogens is 424 g/mol. The van der Waals surface area contributed by atoms with Crippen LogP contribution in [0.5, 0.6) is 5.75 Å². The average Bonchev–Trinajstić information content (AvgIpc) is 2.85. The lowest BCUT2D eigenvalue weighted by Gasteiger charge is -2.27. The number of hydrazone groups is 1. The van der Waals surface area contributed by atoms with Crippen molar-refractivity contribution in [1.82, 2.24) is 10.3 Å². The van der Waals surface area contributed by atoms with E-state index in [2.05, 4.69) is 15.8 Å². The molecule has 0 unspecified atom stereocenters. The summed E-state index contributed by atoms with van der Waals surface area (Å²) in [5.41, 5.74) is 3.07. The summed E-state index contributed by atoms with van der Waals surface area (Å²) in [5.74, 6) is -2.25. The molecule has 33 heavy (non-hydrogen) atoms. The molecule has 0 atom stereocenters. The zero-order valence-corrected chi connectivity index (χ0v) is 17.7. The smallest absolute Gasteiger partial charge is 0.329 e. The number of rotatable bonds is 4. The number of ether oxygens (including phenoxy) is 1. The predicted octanol–water partition coefficient (Wildman–Crippen LogP) is 2.11. The number of benzene rings is 3. The lowest BCUT2D eigenvalue weighted by molar-refractivity contribution is -0.136. The first-order chi connectivity index (χ1) is 16.0. The van der Waals surface area contributed by atoms with Crippen LogP contribution < -0.4 is 10.7 Å². The minimum atomic E-state index is -1.01. The number of fused-ring (bicyclic) bond motifs is 1. The highest BCUT2D eigenvalue weighted by atomic mass is 16.5. The summed E-state index contributed by atoms with van der Waals surface area (Å²) in [6.07, 6.45) is 1.28. The summed E-state index contributed by atoms with van der Waals surface area (Å²) in [6, 6.07) is 17.2. The van der Waals surface area contributed by atoms with Crippen LogP contribution in [0.4, 0.5) is 5.69 Å². The predicted molar refractivity (Wildman–Crippen MR) is 123 cm³/mol. The van der Waals surface area contributed by atoms with E-state index >= 15 is 0 Å². The Balaban J connectivity index is 1.44. The van der Waals surface area contributed by atoms with Crippen LogP contribution in [-0.4, -0.2) is 60.2 Å². The number of phenols is 1. The summed E-state index contributed by atoms with van der Waals surface area (Å²) >= 11 is 0. The fourth-order valence-electron chi connectivity index (χ4n) is 3.52. The van der Waals surface area contributed by atoms with Gasteiger partial charge in [0.15, 0.2) is 0 Å². The molecule has 4 rings (SSSR count). The minimum Gasteiger partial charge on any atom is -0.507 e. The first-order valence-electron chi connectivity index (χ1n) is 10.4. The van der Waals surface area contributed by atoms with E-state index in [4.69, 9.17) is 4.74 Å². The van der Waals surface area contributed by atoms with E-state index in [-0.39, 0.29) is 22.9 Å². The number of aromatic hydroxyl groups is 1. The first kappa shape index (κ1) is 22.0. The molecule has 3 aromatic rings. The normalized spacial score (nSPS) is 13.8. The molecule has 1 aliphatic rings. The molecule has 0 aromatic heterocycles. The van der Waals surface area contributed by atoms with E-state index < -0.39 is 11.8 Å². The molecule has 3 aromatic carbocycles. The fraction of sp³-hybridized carbons (Fsp3) is 0.167. The molecule has 0 radical (unpaired) electrons. The van der Waals surface area contributed by atoms with Crippen LogP contribution in [-0.2, 0) is 14.3 Å². The van der Waals surface area contributed by atoms with Crippen LogP contribution in [0.1, 0.15) is 15.9 Å². The third kappa shape index (κ3) is 4.99. The van der Waals surface area contributed by atoms with Crippen molar-refractivity contribution in [1.29, 1.82) is 0 Å². The summed E-state index contributed by atoms with van der Waals surface area (Å²) in [5, 5.41) is 18.1. The zero-order chi connectivity index (χ0) is 23.2. The van der Waals surface area contributed by atoms with E-state index in [1.54, 1.807) is 35.2 Å². The summed E-state index contributed by atoms with van der Waals surface area (Å²) in [6.45, 7) is 1.81. The van der Waals surface area contributed by atoms with Gasteiger partial charge in [-0.15, -0.1) is 0 Å². The van der Waals surface area contributed by atoms with E-state index in [1.807, 2.05) is 24.3 Å². The van der Waals surface area contributed by atoms with Crippen LogP contribution in [0.25, 0.3) is 10.8 Å². The Hall–Kier alpha value is -4.24. The largest absolute Gasteiger partial charge is 0.507 e. The van der Waals surface area contributed by atoms with Crippen molar-refractivity contribution in [3.05, 3.63) is 71.8 Å². The first-order valence-corrected chi connectivity index (χ1v) is 10.4. The third-order valence-electron chi connectivity index (χ3n) is 5.22. The molecular formula is C24H22N4O5. The molecule has 3 N–H and O–H groups in total. The van der Waals surface area contributed by atoms with Gasteiger partial charge in [-0.1, -0.05) is 42.5 Å². The van der Waals surface area contributed by atoms with E-state index in [1.165, 1.54) is 12.3 Å². The molecule has 1 saturated heterocycles. The number of amides is 3. The number of anilines is 1. The van der Waals surface area contributed by atoms with Gasteiger partial charge in [-0.2, -0.15) is 5.10 Å². The zero-order valence-electron chi connectivity index (χ0n) is 17.7. The van der Waals surface area contributed by atoms with Crippen LogP contribution in [0.3, 0.4) is 0 Å². The highest BCUT2D eigenvalue weighted by molar-refractivity contribution is 6.40. The molecule has 9 heteroatoms. The van der Waals surface area contributed by atoms with Gasteiger partial charge >= 0.3 is 11.8 Å². The maximum absolute atomic E-state index is 12.8. The molecule has 9 nitrogen and oxygen atoms in total. The molecule has 3 amide bonds. The van der Waals surface area contributed by atoms with Gasteiger partial charge in [-0.25, -0.2) is 5.43 Å². The van der Waals surface area contributed by atoms with E-state index in [0.29, 0.717) is 31.9 Å². The molecule has 0 spiro atoms. The number of nitrogens with zero attached hydrogens (tertiary/aromatic N) is 2. The molecule has 0 saturated carbocycles. The Bertz CT molecular complexity index is 1230. The number of nitrogens with one attached hydrogen (secondary N) is 2. The Morgan fingerprint density at radius 3 is 2.48 bits per heavy atom. The Morgan fingerprint density at radius 1 is 0.939 bits per heavy atom. The molecule has 0 bridgehead atoms. The minimum absolute atomic E-state index is 0.00768. The number of hydrogen-bond donors (Lipinski definition) is 3. The van der Waals surface area contributed by atoms with E-state index in [0.717, 1.165) is 10.8 Å². The molecule has 0 aliphatic carbocycles. The van der Waals surface area contributed by atoms with Crippen molar-refractivity contribution in [3.8, 4) is 5.75 Å². The third-order valence-corrected chi connectivity index (χ3v) is 5.22. The van der Waals surface area contributed by atoms with Crippen molar-refractivity contribution in [3.63, 3.8) is 0 Å². The van der Waals surface area contributed by atoms with Crippen LogP contribution in [0, 0.1) is 0 Å². The van der Waals surface area contributed by atoms with Crippen LogP contribution in [0.2, 0.25) is 0 Å². The lowest BCUT2D eigenvalue weighted by Crippen LogP contribution is -2.41. The topological polar surface area (TPSA) is 120 Å². The van der Waals surface area contributed by atoms with Crippen molar-refractivity contribution >= 4 is 40.4 Å². The Morgan fingerprint density at radius 2 is 1.67 bits per heavy atom. The van der Waals surface area contributed by atoms with Gasteiger partial charge in [-0.05, 0) is 29.0 Å². The quantitative estimate of drug-likeness (QED) is 0.322. The van der Waals surface area contributed by atoms with Gasteiger partial charge in [0.25, 0.3) is 5.91 Å². The second-order valence-electron chi connectivity index (χ2n) is 7.32.